The maximum atomic E-state index is 10.9. The maximum absolute atomic E-state index is 10.9. The molecule has 3 heterocycles. The number of carboxylic acid groups (broad SMARTS) is 1. The van der Waals surface area contributed by atoms with Gasteiger partial charge in [0.25, 0.3) is 0 Å². The van der Waals surface area contributed by atoms with Crippen molar-refractivity contribution in [1.29, 1.82) is 0 Å². The van der Waals surface area contributed by atoms with Crippen LogP contribution in [0.2, 0.25) is 0 Å². The van der Waals surface area contributed by atoms with Gasteiger partial charge in [0.05, 0.1) is 12.2 Å². The number of pyridine rings is 1. The summed E-state index contributed by atoms with van der Waals surface area (Å²) in [6.07, 6.45) is 7.47. The Morgan fingerprint density at radius 1 is 1.14 bits per heavy atom. The number of aliphatic carboxylic acids is 1. The van der Waals surface area contributed by atoms with Gasteiger partial charge in [0.1, 0.15) is 5.82 Å². The second-order valence-electron chi connectivity index (χ2n) is 8.91. The lowest BCUT2D eigenvalue weighted by Gasteiger charge is -2.30. The zero-order valence-corrected chi connectivity index (χ0v) is 19.9. The number of nitrogens with zero attached hydrogens (tertiary/aromatic N) is 4. The first kappa shape index (κ1) is 24.6. The van der Waals surface area contributed by atoms with Gasteiger partial charge in [0, 0.05) is 30.2 Å². The van der Waals surface area contributed by atoms with E-state index in [1.54, 1.807) is 12.4 Å². The summed E-state index contributed by atoms with van der Waals surface area (Å²) in [5, 5.41) is 15.6. The van der Waals surface area contributed by atoms with Crippen LogP contribution in [-0.4, -0.2) is 63.7 Å². The third kappa shape index (κ3) is 7.46. The van der Waals surface area contributed by atoms with Crippen molar-refractivity contribution in [2.45, 2.75) is 25.7 Å². The van der Waals surface area contributed by atoms with Crippen molar-refractivity contribution in [2.24, 2.45) is 11.7 Å². The van der Waals surface area contributed by atoms with Gasteiger partial charge in [-0.15, -0.1) is 0 Å². The molecule has 4 rings (SSSR count). The minimum absolute atomic E-state index is 0.136. The average molecular weight is 476 g/mol. The van der Waals surface area contributed by atoms with Crippen LogP contribution in [0.4, 0.5) is 17.5 Å². The standard InChI is InChI=1S/C26H33N7O2/c27-10-2-11-28-24-6-5-21(17-30-24)23-7-12-29-26(32-23)31-22-4-1-3-20(16-22)15-19-8-13-33(14-9-19)18-25(34)35/h1,3-7,12,16-17,19H,2,8-11,13-15,18,27H2,(H,28,30)(H,34,35)(H,29,31,32). The van der Waals surface area contributed by atoms with E-state index in [4.69, 9.17) is 10.8 Å². The molecule has 2 aromatic heterocycles. The van der Waals surface area contributed by atoms with Gasteiger partial charge in [-0.25, -0.2) is 15.0 Å². The third-order valence-electron chi connectivity index (χ3n) is 6.18. The highest BCUT2D eigenvalue weighted by atomic mass is 16.4. The molecule has 9 heteroatoms. The van der Waals surface area contributed by atoms with Crippen LogP contribution in [0.1, 0.15) is 24.8 Å². The highest BCUT2D eigenvalue weighted by Crippen LogP contribution is 2.24. The molecule has 0 radical (unpaired) electrons. The predicted octanol–water partition coefficient (Wildman–Crippen LogP) is 3.38. The molecule has 184 valence electrons. The van der Waals surface area contributed by atoms with Crippen LogP contribution in [0.15, 0.2) is 54.9 Å². The van der Waals surface area contributed by atoms with Gasteiger partial charge in [-0.05, 0) is 87.1 Å². The number of nitrogens with two attached hydrogens (primary N) is 1. The van der Waals surface area contributed by atoms with Crippen molar-refractivity contribution in [2.75, 3.05) is 43.4 Å². The number of benzene rings is 1. The Morgan fingerprint density at radius 2 is 2.00 bits per heavy atom. The van der Waals surface area contributed by atoms with Crippen LogP contribution in [-0.2, 0) is 11.2 Å². The van der Waals surface area contributed by atoms with E-state index >= 15 is 0 Å². The molecule has 1 saturated heterocycles. The van der Waals surface area contributed by atoms with Crippen LogP contribution in [0.25, 0.3) is 11.3 Å². The molecule has 0 saturated carbocycles. The molecule has 1 aliphatic heterocycles. The minimum Gasteiger partial charge on any atom is -0.480 e. The van der Waals surface area contributed by atoms with E-state index in [-0.39, 0.29) is 6.54 Å². The quantitative estimate of drug-likeness (QED) is 0.308. The van der Waals surface area contributed by atoms with Crippen molar-refractivity contribution < 1.29 is 9.90 Å². The molecule has 0 spiro atoms. The fourth-order valence-electron chi connectivity index (χ4n) is 4.33. The number of nitrogens with one attached hydrogen (secondary N) is 2. The Bertz CT molecular complexity index is 1100. The van der Waals surface area contributed by atoms with E-state index in [0.717, 1.165) is 68.1 Å². The second kappa shape index (κ2) is 12.2. The van der Waals surface area contributed by atoms with E-state index in [1.165, 1.54) is 5.56 Å². The first-order chi connectivity index (χ1) is 17.1. The highest BCUT2D eigenvalue weighted by molar-refractivity contribution is 5.69. The van der Waals surface area contributed by atoms with E-state index in [9.17, 15) is 4.79 Å². The Morgan fingerprint density at radius 3 is 2.74 bits per heavy atom. The van der Waals surface area contributed by atoms with Crippen LogP contribution in [0.3, 0.4) is 0 Å². The van der Waals surface area contributed by atoms with Gasteiger partial charge in [-0.2, -0.15) is 0 Å². The van der Waals surface area contributed by atoms with E-state index in [1.807, 2.05) is 35.2 Å². The van der Waals surface area contributed by atoms with Gasteiger partial charge in [0.15, 0.2) is 0 Å². The van der Waals surface area contributed by atoms with Crippen molar-refractivity contribution in [3.05, 3.63) is 60.4 Å². The maximum Gasteiger partial charge on any atom is 0.317 e. The number of anilines is 3. The number of aromatic nitrogens is 3. The van der Waals surface area contributed by atoms with Crippen LogP contribution in [0, 0.1) is 5.92 Å². The molecule has 35 heavy (non-hydrogen) atoms. The molecule has 3 aromatic rings. The zero-order valence-electron chi connectivity index (χ0n) is 19.9. The number of rotatable bonds is 11. The number of carboxylic acids is 1. The first-order valence-electron chi connectivity index (χ1n) is 12.1. The molecular formula is C26H33N7O2. The van der Waals surface area contributed by atoms with Gasteiger partial charge in [-0.3, -0.25) is 9.69 Å². The van der Waals surface area contributed by atoms with Crippen molar-refractivity contribution in [3.8, 4) is 11.3 Å². The molecule has 0 aliphatic carbocycles. The summed E-state index contributed by atoms with van der Waals surface area (Å²) >= 11 is 0. The fourth-order valence-corrected chi connectivity index (χ4v) is 4.33. The van der Waals surface area contributed by atoms with Crippen LogP contribution >= 0.6 is 0 Å². The monoisotopic (exact) mass is 475 g/mol. The van der Waals surface area contributed by atoms with Crippen molar-refractivity contribution in [1.82, 2.24) is 19.9 Å². The molecule has 1 aromatic carbocycles. The average Bonchev–Trinajstić information content (AvgIpc) is 2.86. The number of likely N-dealkylation sites (tertiary alicyclic amines) is 1. The molecule has 0 atom stereocenters. The summed E-state index contributed by atoms with van der Waals surface area (Å²) in [7, 11) is 0. The van der Waals surface area contributed by atoms with Gasteiger partial charge >= 0.3 is 5.97 Å². The second-order valence-corrected chi connectivity index (χ2v) is 8.91. The fraction of sp³-hybridized carbons (Fsp3) is 0.385. The Labute approximate surface area is 205 Å². The summed E-state index contributed by atoms with van der Waals surface area (Å²) in [4.78, 5) is 26.4. The van der Waals surface area contributed by atoms with E-state index < -0.39 is 5.97 Å². The van der Waals surface area contributed by atoms with Gasteiger partial charge < -0.3 is 21.5 Å². The lowest BCUT2D eigenvalue weighted by Crippen LogP contribution is -2.37. The van der Waals surface area contributed by atoms with E-state index in [2.05, 4.69) is 37.7 Å². The summed E-state index contributed by atoms with van der Waals surface area (Å²) in [5.41, 5.74) is 9.45. The smallest absolute Gasteiger partial charge is 0.317 e. The summed E-state index contributed by atoms with van der Waals surface area (Å²) in [5.74, 6) is 1.16. The summed E-state index contributed by atoms with van der Waals surface area (Å²) < 4.78 is 0. The van der Waals surface area contributed by atoms with Crippen molar-refractivity contribution >= 4 is 23.4 Å². The minimum atomic E-state index is -0.753. The molecule has 5 N–H and O–H groups in total. The SMILES string of the molecule is NCCCNc1ccc(-c2ccnc(Nc3cccc(CC4CCN(CC(=O)O)CC4)c3)n2)cn1. The Balaban J connectivity index is 1.35. The van der Waals surface area contributed by atoms with E-state index in [0.29, 0.717) is 18.4 Å². The van der Waals surface area contributed by atoms with Crippen molar-refractivity contribution in [3.63, 3.8) is 0 Å². The highest BCUT2D eigenvalue weighted by Gasteiger charge is 2.21. The van der Waals surface area contributed by atoms with Gasteiger partial charge in [-0.1, -0.05) is 12.1 Å². The predicted molar refractivity (Wildman–Crippen MR) is 138 cm³/mol. The summed E-state index contributed by atoms with van der Waals surface area (Å²) in [6, 6.07) is 14.1. The molecule has 1 fully saturated rings. The Hall–Kier alpha value is -3.56. The number of carbonyl (C=O) groups is 1. The molecule has 9 nitrogen and oxygen atoms in total. The summed E-state index contributed by atoms with van der Waals surface area (Å²) in [6.45, 7) is 3.27. The third-order valence-corrected chi connectivity index (χ3v) is 6.18. The molecule has 0 unspecified atom stereocenters. The molecule has 0 bridgehead atoms. The Kier molecular flexibility index (Phi) is 8.58. The lowest BCUT2D eigenvalue weighted by molar-refractivity contribution is -0.138. The van der Waals surface area contributed by atoms with Gasteiger partial charge in [0.2, 0.25) is 5.95 Å². The zero-order chi connectivity index (χ0) is 24.5. The topological polar surface area (TPSA) is 129 Å². The normalized spacial score (nSPS) is 14.5. The molecular weight excluding hydrogens is 442 g/mol. The first-order valence-corrected chi connectivity index (χ1v) is 12.1. The molecule has 1 aliphatic rings. The number of hydrogen-bond acceptors (Lipinski definition) is 8. The lowest BCUT2D eigenvalue weighted by atomic mass is 9.90. The number of hydrogen-bond donors (Lipinski definition) is 4. The largest absolute Gasteiger partial charge is 0.480 e. The number of piperidine rings is 1. The van der Waals surface area contributed by atoms with Crippen LogP contribution < -0.4 is 16.4 Å². The molecule has 0 amide bonds. The van der Waals surface area contributed by atoms with Crippen LogP contribution in [0.5, 0.6) is 0 Å².